The van der Waals surface area contributed by atoms with Gasteiger partial charge in [0.2, 0.25) is 11.9 Å². The number of aromatic nitrogens is 2. The van der Waals surface area contributed by atoms with Crippen LogP contribution in [0.1, 0.15) is 32.9 Å². The molecule has 2 heterocycles. The first-order valence-electron chi connectivity index (χ1n) is 9.05. The van der Waals surface area contributed by atoms with Gasteiger partial charge in [-0.2, -0.15) is 0 Å². The predicted octanol–water partition coefficient (Wildman–Crippen LogP) is 2.82. The summed E-state index contributed by atoms with van der Waals surface area (Å²) >= 11 is 0. The molecular formula is C19H27N5O. The van der Waals surface area contributed by atoms with E-state index in [4.69, 9.17) is 9.97 Å². The van der Waals surface area contributed by atoms with Crippen LogP contribution in [0.2, 0.25) is 0 Å². The Morgan fingerprint density at radius 2 is 1.92 bits per heavy atom. The van der Waals surface area contributed by atoms with Gasteiger partial charge in [-0.05, 0) is 39.0 Å². The number of benzene rings is 1. The molecule has 0 bridgehead atoms. The lowest BCUT2D eigenvalue weighted by Gasteiger charge is -2.37. The van der Waals surface area contributed by atoms with Crippen LogP contribution in [-0.2, 0) is 4.79 Å². The summed E-state index contributed by atoms with van der Waals surface area (Å²) in [6.07, 6.45) is 0.467. The second kappa shape index (κ2) is 7.35. The Labute approximate surface area is 149 Å². The zero-order chi connectivity index (χ0) is 18.0. The quantitative estimate of drug-likeness (QED) is 0.926. The highest BCUT2D eigenvalue weighted by Gasteiger charge is 2.21. The van der Waals surface area contributed by atoms with Crippen LogP contribution in [0, 0.1) is 6.92 Å². The molecule has 25 heavy (non-hydrogen) atoms. The molecule has 2 aromatic rings. The van der Waals surface area contributed by atoms with E-state index >= 15 is 0 Å². The highest BCUT2D eigenvalue weighted by molar-refractivity contribution is 5.94. The number of nitrogens with one attached hydrogen (secondary N) is 1. The smallest absolute Gasteiger partial charge is 0.226 e. The van der Waals surface area contributed by atoms with E-state index in [0.29, 0.717) is 12.5 Å². The topological polar surface area (TPSA) is 61.4 Å². The molecule has 3 rings (SSSR count). The molecule has 1 saturated heterocycles. The van der Waals surface area contributed by atoms with Gasteiger partial charge in [-0.3, -0.25) is 9.69 Å². The Morgan fingerprint density at radius 3 is 2.56 bits per heavy atom. The Hall–Kier alpha value is -2.21. The van der Waals surface area contributed by atoms with Crippen LogP contribution in [0.3, 0.4) is 0 Å². The third-order valence-electron chi connectivity index (χ3n) is 4.81. The van der Waals surface area contributed by atoms with Crippen LogP contribution in [0.15, 0.2) is 18.2 Å². The zero-order valence-corrected chi connectivity index (χ0v) is 15.5. The van der Waals surface area contributed by atoms with Crippen molar-refractivity contribution in [3.05, 3.63) is 23.9 Å². The number of aryl methyl sites for hydroxylation is 1. The number of anilines is 2. The molecule has 0 atom stereocenters. The number of carbonyl (C=O) groups excluding carboxylic acids is 1. The van der Waals surface area contributed by atoms with Crippen molar-refractivity contribution in [1.29, 1.82) is 0 Å². The van der Waals surface area contributed by atoms with Crippen LogP contribution in [0.4, 0.5) is 11.6 Å². The average molecular weight is 341 g/mol. The standard InChI is InChI=1S/C19H27N5O/c1-5-18(25)21-15-6-7-17-16(12-15)14(4)20-19(22-17)24-10-8-23(9-11-24)13(2)3/h6-7,12-13H,5,8-11H2,1-4H3,(H,21,25). The first-order chi connectivity index (χ1) is 12.0. The molecule has 1 aromatic carbocycles. The molecule has 1 N–H and O–H groups in total. The van der Waals surface area contributed by atoms with Crippen LogP contribution in [0.25, 0.3) is 10.9 Å². The fraction of sp³-hybridized carbons (Fsp3) is 0.526. The van der Waals surface area contributed by atoms with E-state index in [2.05, 4.69) is 29.0 Å². The van der Waals surface area contributed by atoms with Gasteiger partial charge in [-0.15, -0.1) is 0 Å². The monoisotopic (exact) mass is 341 g/mol. The van der Waals surface area contributed by atoms with Crippen molar-refractivity contribution < 1.29 is 4.79 Å². The van der Waals surface area contributed by atoms with Gasteiger partial charge in [0.25, 0.3) is 0 Å². The van der Waals surface area contributed by atoms with Crippen molar-refractivity contribution in [2.45, 2.75) is 40.2 Å². The molecule has 0 spiro atoms. The predicted molar refractivity (Wildman–Crippen MR) is 102 cm³/mol. The summed E-state index contributed by atoms with van der Waals surface area (Å²) in [6.45, 7) is 12.3. The third kappa shape index (κ3) is 3.90. The van der Waals surface area contributed by atoms with E-state index in [1.165, 1.54) is 0 Å². The highest BCUT2D eigenvalue weighted by Crippen LogP contribution is 2.23. The molecule has 0 unspecified atom stereocenters. The van der Waals surface area contributed by atoms with Crippen molar-refractivity contribution in [2.24, 2.45) is 0 Å². The van der Waals surface area contributed by atoms with E-state index in [0.717, 1.165) is 54.4 Å². The van der Waals surface area contributed by atoms with E-state index in [1.54, 1.807) is 0 Å². The number of piperazine rings is 1. The van der Waals surface area contributed by atoms with E-state index in [-0.39, 0.29) is 5.91 Å². The van der Waals surface area contributed by atoms with Crippen molar-refractivity contribution in [2.75, 3.05) is 36.4 Å². The minimum Gasteiger partial charge on any atom is -0.338 e. The molecule has 0 saturated carbocycles. The summed E-state index contributed by atoms with van der Waals surface area (Å²) in [4.78, 5) is 25.8. The van der Waals surface area contributed by atoms with E-state index < -0.39 is 0 Å². The number of amides is 1. The fourth-order valence-corrected chi connectivity index (χ4v) is 3.17. The van der Waals surface area contributed by atoms with Crippen molar-refractivity contribution >= 4 is 28.4 Å². The number of nitrogens with zero attached hydrogens (tertiary/aromatic N) is 4. The number of hydrogen-bond acceptors (Lipinski definition) is 5. The molecule has 6 nitrogen and oxygen atoms in total. The zero-order valence-electron chi connectivity index (χ0n) is 15.5. The molecule has 1 aliphatic rings. The lowest BCUT2D eigenvalue weighted by molar-refractivity contribution is -0.115. The first-order valence-corrected chi connectivity index (χ1v) is 9.05. The highest BCUT2D eigenvalue weighted by atomic mass is 16.1. The molecule has 0 radical (unpaired) electrons. The van der Waals surface area contributed by atoms with Gasteiger partial charge < -0.3 is 10.2 Å². The van der Waals surface area contributed by atoms with Gasteiger partial charge >= 0.3 is 0 Å². The van der Waals surface area contributed by atoms with Crippen LogP contribution < -0.4 is 10.2 Å². The van der Waals surface area contributed by atoms with Crippen molar-refractivity contribution in [3.8, 4) is 0 Å². The summed E-state index contributed by atoms with van der Waals surface area (Å²) in [5, 5.41) is 3.88. The summed E-state index contributed by atoms with van der Waals surface area (Å²) in [5.74, 6) is 0.816. The van der Waals surface area contributed by atoms with Gasteiger partial charge in [0, 0.05) is 49.7 Å². The third-order valence-corrected chi connectivity index (χ3v) is 4.81. The number of rotatable bonds is 4. The maximum Gasteiger partial charge on any atom is 0.226 e. The molecule has 1 aliphatic heterocycles. The van der Waals surface area contributed by atoms with Gasteiger partial charge in [0.05, 0.1) is 11.2 Å². The molecule has 1 amide bonds. The summed E-state index contributed by atoms with van der Waals surface area (Å²) in [7, 11) is 0. The number of carbonyl (C=O) groups is 1. The SMILES string of the molecule is CCC(=O)Nc1ccc2nc(N3CCN(C(C)C)CC3)nc(C)c2c1. The van der Waals surface area contributed by atoms with Crippen molar-refractivity contribution in [1.82, 2.24) is 14.9 Å². The lowest BCUT2D eigenvalue weighted by Crippen LogP contribution is -2.49. The second-order valence-corrected chi connectivity index (χ2v) is 6.86. The number of hydrogen-bond donors (Lipinski definition) is 1. The van der Waals surface area contributed by atoms with Crippen LogP contribution in [0.5, 0.6) is 0 Å². The van der Waals surface area contributed by atoms with Crippen LogP contribution in [-0.4, -0.2) is 53.0 Å². The minimum atomic E-state index is 0.0116. The molecule has 1 aromatic heterocycles. The Morgan fingerprint density at radius 1 is 1.20 bits per heavy atom. The van der Waals surface area contributed by atoms with Crippen molar-refractivity contribution in [3.63, 3.8) is 0 Å². The van der Waals surface area contributed by atoms with Gasteiger partial charge in [0.15, 0.2) is 0 Å². The normalized spacial score (nSPS) is 15.8. The largest absolute Gasteiger partial charge is 0.338 e. The fourth-order valence-electron chi connectivity index (χ4n) is 3.17. The molecule has 134 valence electrons. The van der Waals surface area contributed by atoms with Gasteiger partial charge in [-0.25, -0.2) is 9.97 Å². The molecule has 6 heteroatoms. The van der Waals surface area contributed by atoms with Gasteiger partial charge in [-0.1, -0.05) is 6.92 Å². The summed E-state index contributed by atoms with van der Waals surface area (Å²) in [5.41, 5.74) is 2.66. The summed E-state index contributed by atoms with van der Waals surface area (Å²) < 4.78 is 0. The van der Waals surface area contributed by atoms with E-state index in [1.807, 2.05) is 32.0 Å². The molecular weight excluding hydrogens is 314 g/mol. The Bertz CT molecular complexity index is 766. The lowest BCUT2D eigenvalue weighted by atomic mass is 10.1. The minimum absolute atomic E-state index is 0.0116. The number of fused-ring (bicyclic) bond motifs is 1. The summed E-state index contributed by atoms with van der Waals surface area (Å²) in [6, 6.07) is 6.41. The van der Waals surface area contributed by atoms with Crippen LogP contribution >= 0.6 is 0 Å². The molecule has 0 aliphatic carbocycles. The Kier molecular flexibility index (Phi) is 5.18. The average Bonchev–Trinajstić information content (AvgIpc) is 2.62. The van der Waals surface area contributed by atoms with Gasteiger partial charge in [0.1, 0.15) is 0 Å². The maximum absolute atomic E-state index is 11.6. The molecule has 1 fully saturated rings. The van der Waals surface area contributed by atoms with E-state index in [9.17, 15) is 4.79 Å². The first kappa shape index (κ1) is 17.6. The maximum atomic E-state index is 11.6. The second-order valence-electron chi connectivity index (χ2n) is 6.86. The Balaban J connectivity index is 1.82.